The van der Waals surface area contributed by atoms with Crippen LogP contribution in [0.25, 0.3) is 0 Å². The highest BCUT2D eigenvalue weighted by molar-refractivity contribution is 6.13. The number of amidine groups is 1. The lowest BCUT2D eigenvalue weighted by atomic mass is 9.87. The molecule has 13 heteroatoms. The molecule has 40 heavy (non-hydrogen) atoms. The smallest absolute Gasteiger partial charge is 0.408 e. The number of halogens is 3. The summed E-state index contributed by atoms with van der Waals surface area (Å²) in [5.74, 6) is 0.670. The number of hydrogen-bond donors (Lipinski definition) is 2. The molecule has 1 aromatic heterocycles. The van der Waals surface area contributed by atoms with Crippen molar-refractivity contribution >= 4 is 40.8 Å². The molecule has 4 heterocycles. The third-order valence-corrected chi connectivity index (χ3v) is 7.72. The number of piperidine rings is 1. The number of aromatic nitrogens is 2. The van der Waals surface area contributed by atoms with Crippen molar-refractivity contribution in [3.8, 4) is 0 Å². The number of nitrogens with zero attached hydrogens (tertiary/aromatic N) is 5. The van der Waals surface area contributed by atoms with E-state index in [4.69, 9.17) is 10.1 Å². The number of rotatable bonds is 5. The van der Waals surface area contributed by atoms with E-state index in [0.717, 1.165) is 23.4 Å². The van der Waals surface area contributed by atoms with Crippen molar-refractivity contribution in [2.24, 2.45) is 0 Å². The van der Waals surface area contributed by atoms with Crippen molar-refractivity contribution < 1.29 is 27.5 Å². The quantitative estimate of drug-likeness (QED) is 0.410. The van der Waals surface area contributed by atoms with Crippen LogP contribution >= 0.6 is 0 Å². The lowest BCUT2D eigenvalue weighted by molar-refractivity contribution is -0.169. The van der Waals surface area contributed by atoms with Gasteiger partial charge in [0.15, 0.2) is 12.4 Å². The Hall–Kier alpha value is -3.90. The number of fused-ring (bicyclic) bond motifs is 1. The van der Waals surface area contributed by atoms with Crippen LogP contribution in [0.1, 0.15) is 57.3 Å². The first kappa shape index (κ1) is 27.7. The van der Waals surface area contributed by atoms with Crippen molar-refractivity contribution in [1.29, 1.82) is 5.41 Å². The summed E-state index contributed by atoms with van der Waals surface area (Å²) >= 11 is 0. The van der Waals surface area contributed by atoms with Gasteiger partial charge in [-0.25, -0.2) is 9.97 Å². The summed E-state index contributed by atoms with van der Waals surface area (Å²) in [5.41, 5.74) is 0.905. The minimum Gasteiger partial charge on any atom is -0.457 e. The maximum Gasteiger partial charge on any atom is 0.408 e. The van der Waals surface area contributed by atoms with Crippen LogP contribution in [0.15, 0.2) is 24.3 Å². The van der Waals surface area contributed by atoms with Crippen LogP contribution in [0, 0.1) is 5.41 Å². The van der Waals surface area contributed by atoms with Gasteiger partial charge in [0.1, 0.15) is 17.7 Å². The standard InChI is InChI=1S/C27H32F3N7O3/c1-26(2)21-22(32-3)33-19(15-40-25(31)36-14-6-7-18(36)27(28,29)30)34-23(21)37(24(26)39)17-11-9-16(10-12-17)35-13-5-4-8-20(35)38/h9-12,18,31H,4-8,13-15H2,1-3H3,(H,32,33,34). The number of nitrogens with one attached hydrogen (secondary N) is 2. The molecule has 2 aromatic rings. The summed E-state index contributed by atoms with van der Waals surface area (Å²) in [5, 5.41) is 11.1. The van der Waals surface area contributed by atoms with E-state index in [9.17, 15) is 22.8 Å². The fraction of sp³-hybridized carbons (Fsp3) is 0.519. The predicted molar refractivity (Wildman–Crippen MR) is 143 cm³/mol. The Kier molecular flexibility index (Phi) is 7.09. The van der Waals surface area contributed by atoms with E-state index in [-0.39, 0.29) is 37.2 Å². The SMILES string of the molecule is CNc1nc(COC(=N)N2CCCC2C(F)(F)F)nc2c1C(C)(C)C(=O)N2c1ccc(N2CCCCC2=O)cc1. The van der Waals surface area contributed by atoms with Crippen molar-refractivity contribution in [3.05, 3.63) is 35.7 Å². The van der Waals surface area contributed by atoms with Crippen LogP contribution in [-0.2, 0) is 26.3 Å². The summed E-state index contributed by atoms with van der Waals surface area (Å²) in [7, 11) is 1.65. The molecule has 2 saturated heterocycles. The first-order valence-electron chi connectivity index (χ1n) is 13.3. The van der Waals surface area contributed by atoms with Crippen molar-refractivity contribution in [1.82, 2.24) is 14.9 Å². The topological polar surface area (TPSA) is 115 Å². The zero-order valence-corrected chi connectivity index (χ0v) is 22.6. The Morgan fingerprint density at radius 2 is 1.80 bits per heavy atom. The Balaban J connectivity index is 1.42. The average Bonchev–Trinajstić information content (AvgIpc) is 3.50. The molecule has 1 atom stereocenters. The molecule has 2 amide bonds. The van der Waals surface area contributed by atoms with E-state index in [2.05, 4.69) is 15.3 Å². The zero-order valence-electron chi connectivity index (χ0n) is 22.6. The van der Waals surface area contributed by atoms with E-state index >= 15 is 0 Å². The third kappa shape index (κ3) is 4.81. The van der Waals surface area contributed by atoms with Crippen LogP contribution in [0.4, 0.5) is 36.2 Å². The molecule has 214 valence electrons. The van der Waals surface area contributed by atoms with E-state index in [0.29, 0.717) is 42.3 Å². The summed E-state index contributed by atoms with van der Waals surface area (Å²) in [4.78, 5) is 39.2. The molecule has 0 saturated carbocycles. The molecule has 5 rings (SSSR count). The Bertz CT molecular complexity index is 1330. The number of anilines is 4. The van der Waals surface area contributed by atoms with E-state index < -0.39 is 23.7 Å². The normalized spacial score (nSPS) is 20.6. The lowest BCUT2D eigenvalue weighted by Gasteiger charge is -2.28. The van der Waals surface area contributed by atoms with Crippen molar-refractivity contribution in [2.45, 2.75) is 70.2 Å². The van der Waals surface area contributed by atoms with Gasteiger partial charge in [0.05, 0.1) is 16.7 Å². The Labute approximate surface area is 230 Å². The van der Waals surface area contributed by atoms with Crippen LogP contribution in [0.3, 0.4) is 0 Å². The van der Waals surface area contributed by atoms with Crippen LogP contribution in [0.2, 0.25) is 0 Å². The van der Waals surface area contributed by atoms with Crippen LogP contribution in [-0.4, -0.2) is 65.1 Å². The predicted octanol–water partition coefficient (Wildman–Crippen LogP) is 4.47. The van der Waals surface area contributed by atoms with Crippen molar-refractivity contribution in [3.63, 3.8) is 0 Å². The lowest BCUT2D eigenvalue weighted by Crippen LogP contribution is -2.45. The maximum absolute atomic E-state index is 13.7. The number of amides is 2. The number of carbonyl (C=O) groups is 2. The molecule has 1 unspecified atom stereocenters. The number of ether oxygens (including phenoxy) is 1. The van der Waals surface area contributed by atoms with E-state index in [1.54, 1.807) is 50.1 Å². The zero-order chi connectivity index (χ0) is 28.8. The fourth-order valence-corrected chi connectivity index (χ4v) is 5.63. The van der Waals surface area contributed by atoms with Gasteiger partial charge < -0.3 is 19.9 Å². The van der Waals surface area contributed by atoms with Crippen molar-refractivity contribution in [2.75, 3.05) is 35.3 Å². The molecular formula is C27H32F3N7O3. The van der Waals surface area contributed by atoms with Gasteiger partial charge in [-0.15, -0.1) is 0 Å². The first-order chi connectivity index (χ1) is 18.9. The second-order valence-corrected chi connectivity index (χ2v) is 10.7. The average molecular weight is 560 g/mol. The highest BCUT2D eigenvalue weighted by Crippen LogP contribution is 2.47. The largest absolute Gasteiger partial charge is 0.457 e. The first-order valence-corrected chi connectivity index (χ1v) is 13.3. The van der Waals surface area contributed by atoms with E-state index in [1.807, 2.05) is 0 Å². The maximum atomic E-state index is 13.7. The molecule has 0 bridgehead atoms. The van der Waals surface area contributed by atoms with Gasteiger partial charge >= 0.3 is 6.18 Å². The third-order valence-electron chi connectivity index (χ3n) is 7.72. The molecule has 10 nitrogen and oxygen atoms in total. The summed E-state index contributed by atoms with van der Waals surface area (Å²) in [6, 6.07) is 4.78. The number of hydrogen-bond acceptors (Lipinski definition) is 7. The summed E-state index contributed by atoms with van der Waals surface area (Å²) in [6.45, 7) is 3.92. The van der Waals surface area contributed by atoms with Gasteiger partial charge in [-0.05, 0) is 63.8 Å². The number of likely N-dealkylation sites (tertiary alicyclic amines) is 1. The molecular weight excluding hydrogens is 527 g/mol. The second kappa shape index (κ2) is 10.3. The minimum absolute atomic E-state index is 0.0693. The summed E-state index contributed by atoms with van der Waals surface area (Å²) in [6.07, 6.45) is -1.92. The molecule has 0 spiro atoms. The number of benzene rings is 1. The highest BCUT2D eigenvalue weighted by Gasteiger charge is 2.49. The molecule has 2 fully saturated rings. The van der Waals surface area contributed by atoms with Gasteiger partial charge in [0.2, 0.25) is 11.8 Å². The Morgan fingerprint density at radius 3 is 2.45 bits per heavy atom. The molecule has 0 aliphatic carbocycles. The molecule has 2 N–H and O–H groups in total. The summed E-state index contributed by atoms with van der Waals surface area (Å²) < 4.78 is 45.5. The fourth-order valence-electron chi connectivity index (χ4n) is 5.63. The van der Waals surface area contributed by atoms with Gasteiger partial charge in [-0.1, -0.05) is 0 Å². The minimum atomic E-state index is -4.46. The van der Waals surface area contributed by atoms with E-state index in [1.165, 1.54) is 4.90 Å². The van der Waals surface area contributed by atoms with Crippen LogP contribution in [0.5, 0.6) is 0 Å². The van der Waals surface area contributed by atoms with Gasteiger partial charge in [0.25, 0.3) is 6.02 Å². The molecule has 0 radical (unpaired) electrons. The van der Waals surface area contributed by atoms with Gasteiger partial charge in [0, 0.05) is 32.2 Å². The van der Waals surface area contributed by atoms with Gasteiger partial charge in [-0.2, -0.15) is 13.2 Å². The van der Waals surface area contributed by atoms with Gasteiger partial charge in [-0.3, -0.25) is 19.9 Å². The molecule has 3 aliphatic rings. The molecule has 3 aliphatic heterocycles. The number of alkyl halides is 3. The Morgan fingerprint density at radius 1 is 1.10 bits per heavy atom. The molecule has 1 aromatic carbocycles. The highest BCUT2D eigenvalue weighted by atomic mass is 19.4. The second-order valence-electron chi connectivity index (χ2n) is 10.7. The monoisotopic (exact) mass is 559 g/mol. The number of carbonyl (C=O) groups excluding carboxylic acids is 2. The van der Waals surface area contributed by atoms with Crippen LogP contribution < -0.4 is 15.1 Å².